The van der Waals surface area contributed by atoms with Crippen molar-refractivity contribution >= 4 is 23.8 Å². The number of hydrogen-bond donors (Lipinski definition) is 3. The summed E-state index contributed by atoms with van der Waals surface area (Å²) in [5, 5.41) is 14.1. The van der Waals surface area contributed by atoms with Gasteiger partial charge in [0.1, 0.15) is 17.9 Å². The molecule has 3 atom stereocenters. The summed E-state index contributed by atoms with van der Waals surface area (Å²) in [6, 6.07) is 3.22. The number of carboxylic acid groups (broad SMARTS) is 1. The molecule has 0 radical (unpaired) electrons. The first-order valence-corrected chi connectivity index (χ1v) is 8.86. The Balaban J connectivity index is 2.90. The zero-order valence-electron chi connectivity index (χ0n) is 16.0. The van der Waals surface area contributed by atoms with Gasteiger partial charge in [0.05, 0.1) is 12.5 Å². The van der Waals surface area contributed by atoms with E-state index in [-0.39, 0.29) is 25.0 Å². The van der Waals surface area contributed by atoms with Crippen LogP contribution in [0.15, 0.2) is 24.3 Å². The summed E-state index contributed by atoms with van der Waals surface area (Å²) in [6.07, 6.45) is -0.343. The number of carbonyl (C=O) groups is 4. The van der Waals surface area contributed by atoms with Crippen LogP contribution in [0.4, 0.5) is 4.39 Å². The topological polar surface area (TPSA) is 122 Å². The standard InChI is InChI=1S/C19H25FN2O6/c1-4-28-19(27)11(2)9-16(18(25)26)22-17(24)15(21-12(3)23)10-13-7-5-6-8-14(13)20/h5-8,11,15-16H,4,9-10H2,1-3H3,(H,21,23)(H,22,24)(H,25,26)/t11-,15+,16+/m0/s1. The first kappa shape index (κ1) is 23.1. The fourth-order valence-corrected chi connectivity index (χ4v) is 2.57. The Labute approximate surface area is 162 Å². The van der Waals surface area contributed by atoms with Crippen molar-refractivity contribution in [1.29, 1.82) is 0 Å². The minimum atomic E-state index is -1.37. The summed E-state index contributed by atoms with van der Waals surface area (Å²) in [5.41, 5.74) is 0.197. The van der Waals surface area contributed by atoms with Gasteiger partial charge in [-0.15, -0.1) is 0 Å². The zero-order valence-corrected chi connectivity index (χ0v) is 16.0. The van der Waals surface area contributed by atoms with Gasteiger partial charge in [0.25, 0.3) is 0 Å². The third-order valence-electron chi connectivity index (χ3n) is 3.97. The van der Waals surface area contributed by atoms with Gasteiger partial charge in [-0.25, -0.2) is 9.18 Å². The molecule has 0 spiro atoms. The van der Waals surface area contributed by atoms with E-state index in [1.165, 1.54) is 32.0 Å². The molecule has 0 aromatic heterocycles. The van der Waals surface area contributed by atoms with Crippen LogP contribution < -0.4 is 10.6 Å². The van der Waals surface area contributed by atoms with E-state index in [1.807, 2.05) is 0 Å². The molecule has 154 valence electrons. The smallest absolute Gasteiger partial charge is 0.326 e. The minimum Gasteiger partial charge on any atom is -0.480 e. The maximum Gasteiger partial charge on any atom is 0.326 e. The Morgan fingerprint density at radius 3 is 2.32 bits per heavy atom. The molecule has 0 saturated heterocycles. The van der Waals surface area contributed by atoms with E-state index in [1.54, 1.807) is 13.0 Å². The van der Waals surface area contributed by atoms with Crippen molar-refractivity contribution in [2.75, 3.05) is 6.61 Å². The van der Waals surface area contributed by atoms with Crippen molar-refractivity contribution in [3.05, 3.63) is 35.6 Å². The number of carbonyl (C=O) groups excluding carboxylic acids is 3. The lowest BCUT2D eigenvalue weighted by atomic mass is 10.00. The molecule has 0 aliphatic heterocycles. The predicted molar refractivity (Wildman–Crippen MR) is 97.7 cm³/mol. The number of halogens is 1. The van der Waals surface area contributed by atoms with Gasteiger partial charge in [-0.05, 0) is 25.0 Å². The van der Waals surface area contributed by atoms with Gasteiger partial charge in [0.15, 0.2) is 0 Å². The second-order valence-electron chi connectivity index (χ2n) is 6.34. The van der Waals surface area contributed by atoms with E-state index >= 15 is 0 Å². The van der Waals surface area contributed by atoms with E-state index in [2.05, 4.69) is 10.6 Å². The summed E-state index contributed by atoms with van der Waals surface area (Å²) >= 11 is 0. The van der Waals surface area contributed by atoms with Crippen molar-refractivity contribution in [3.63, 3.8) is 0 Å². The maximum atomic E-state index is 13.9. The molecule has 0 saturated carbocycles. The number of hydrogen-bond acceptors (Lipinski definition) is 5. The Kier molecular flexibility index (Phi) is 9.07. The molecule has 1 rings (SSSR count). The molecule has 0 heterocycles. The van der Waals surface area contributed by atoms with Crippen LogP contribution >= 0.6 is 0 Å². The number of ether oxygens (including phenoxy) is 1. The molecule has 0 bridgehead atoms. The summed E-state index contributed by atoms with van der Waals surface area (Å²) in [6.45, 7) is 4.46. The number of nitrogens with one attached hydrogen (secondary N) is 2. The maximum absolute atomic E-state index is 13.9. The highest BCUT2D eigenvalue weighted by Gasteiger charge is 2.30. The number of benzene rings is 1. The molecule has 0 aliphatic carbocycles. The van der Waals surface area contributed by atoms with Crippen LogP contribution in [0.1, 0.15) is 32.8 Å². The lowest BCUT2D eigenvalue weighted by molar-refractivity contribution is -0.149. The van der Waals surface area contributed by atoms with Crippen molar-refractivity contribution in [1.82, 2.24) is 10.6 Å². The number of amides is 2. The number of carboxylic acids is 1. The largest absolute Gasteiger partial charge is 0.480 e. The highest BCUT2D eigenvalue weighted by molar-refractivity contribution is 5.90. The lowest BCUT2D eigenvalue weighted by Crippen LogP contribution is -2.52. The molecule has 1 aromatic rings. The first-order valence-electron chi connectivity index (χ1n) is 8.86. The molecular formula is C19H25FN2O6. The lowest BCUT2D eigenvalue weighted by Gasteiger charge is -2.22. The van der Waals surface area contributed by atoms with Crippen LogP contribution in [-0.2, 0) is 30.3 Å². The molecule has 1 aromatic carbocycles. The SMILES string of the molecule is CCOC(=O)[C@@H](C)C[C@@H](NC(=O)[C@@H](Cc1ccccc1F)NC(C)=O)C(=O)O. The van der Waals surface area contributed by atoms with E-state index in [0.717, 1.165) is 0 Å². The first-order chi connectivity index (χ1) is 13.1. The minimum absolute atomic E-state index is 0.153. The van der Waals surface area contributed by atoms with Crippen LogP contribution in [0.5, 0.6) is 0 Å². The zero-order chi connectivity index (χ0) is 21.3. The Hall–Kier alpha value is -2.97. The van der Waals surface area contributed by atoms with E-state index in [0.29, 0.717) is 0 Å². The predicted octanol–water partition coefficient (Wildman–Crippen LogP) is 1.03. The average molecular weight is 396 g/mol. The van der Waals surface area contributed by atoms with Crippen molar-refractivity contribution < 1.29 is 33.4 Å². The molecule has 3 N–H and O–H groups in total. The Morgan fingerprint density at radius 1 is 1.14 bits per heavy atom. The second-order valence-corrected chi connectivity index (χ2v) is 6.34. The van der Waals surface area contributed by atoms with Crippen LogP contribution in [0.2, 0.25) is 0 Å². The highest BCUT2D eigenvalue weighted by atomic mass is 19.1. The van der Waals surface area contributed by atoms with Gasteiger partial charge in [-0.2, -0.15) is 0 Å². The van der Waals surface area contributed by atoms with Crippen molar-refractivity contribution in [2.24, 2.45) is 5.92 Å². The molecule has 9 heteroatoms. The normalized spacial score (nSPS) is 13.7. The summed E-state index contributed by atoms with van der Waals surface area (Å²) < 4.78 is 18.7. The quantitative estimate of drug-likeness (QED) is 0.508. The van der Waals surface area contributed by atoms with Crippen molar-refractivity contribution in [3.8, 4) is 0 Å². The Morgan fingerprint density at radius 2 is 1.79 bits per heavy atom. The van der Waals surface area contributed by atoms with Gasteiger partial charge in [0.2, 0.25) is 11.8 Å². The number of rotatable bonds is 10. The van der Waals surface area contributed by atoms with Crippen LogP contribution in [0.25, 0.3) is 0 Å². The van der Waals surface area contributed by atoms with Crippen LogP contribution in [-0.4, -0.2) is 47.6 Å². The molecule has 0 unspecified atom stereocenters. The molecule has 28 heavy (non-hydrogen) atoms. The third-order valence-corrected chi connectivity index (χ3v) is 3.97. The summed E-state index contributed by atoms with van der Waals surface area (Å²) in [4.78, 5) is 47.2. The number of esters is 1. The molecular weight excluding hydrogens is 371 g/mol. The molecule has 0 aliphatic rings. The molecule has 2 amide bonds. The van der Waals surface area contributed by atoms with E-state index in [9.17, 15) is 28.7 Å². The van der Waals surface area contributed by atoms with E-state index in [4.69, 9.17) is 4.74 Å². The fraction of sp³-hybridized carbons (Fsp3) is 0.474. The number of aliphatic carboxylic acids is 1. The molecule has 8 nitrogen and oxygen atoms in total. The van der Waals surface area contributed by atoms with Crippen LogP contribution in [0.3, 0.4) is 0 Å². The van der Waals surface area contributed by atoms with E-state index < -0.39 is 47.6 Å². The highest BCUT2D eigenvalue weighted by Crippen LogP contribution is 2.12. The average Bonchev–Trinajstić information content (AvgIpc) is 2.61. The Bertz CT molecular complexity index is 724. The summed E-state index contributed by atoms with van der Waals surface area (Å²) in [7, 11) is 0. The third kappa shape index (κ3) is 7.34. The fourth-order valence-electron chi connectivity index (χ4n) is 2.57. The van der Waals surface area contributed by atoms with Gasteiger partial charge in [-0.3, -0.25) is 14.4 Å². The molecule has 0 fully saturated rings. The summed E-state index contributed by atoms with van der Waals surface area (Å²) in [5.74, 6) is -4.53. The van der Waals surface area contributed by atoms with Crippen molar-refractivity contribution in [2.45, 2.75) is 45.7 Å². The van der Waals surface area contributed by atoms with Crippen LogP contribution in [0, 0.1) is 11.7 Å². The van der Waals surface area contributed by atoms with Gasteiger partial charge >= 0.3 is 11.9 Å². The van der Waals surface area contributed by atoms with Gasteiger partial charge in [0, 0.05) is 13.3 Å². The second kappa shape index (κ2) is 11.0. The monoisotopic (exact) mass is 396 g/mol. The van der Waals surface area contributed by atoms with Gasteiger partial charge in [-0.1, -0.05) is 25.1 Å². The van der Waals surface area contributed by atoms with Gasteiger partial charge < -0.3 is 20.5 Å².